The normalized spacial score (nSPS) is 23.6. The first-order valence-electron chi connectivity index (χ1n) is 7.59. The Morgan fingerprint density at radius 1 is 1.48 bits per heavy atom. The second kappa shape index (κ2) is 6.35. The first-order chi connectivity index (χ1) is 11.8. The summed E-state index contributed by atoms with van der Waals surface area (Å²) >= 11 is 0. The lowest BCUT2D eigenvalue weighted by molar-refractivity contribution is -0.130. The molecule has 0 saturated carbocycles. The summed E-state index contributed by atoms with van der Waals surface area (Å²) in [6, 6.07) is 0. The molecule has 1 aliphatic heterocycles. The third-order valence-electron chi connectivity index (χ3n) is 3.82. The first kappa shape index (κ1) is 17.2. The minimum atomic E-state index is -1.49. The molecule has 0 aliphatic carbocycles. The summed E-state index contributed by atoms with van der Waals surface area (Å²) in [6.07, 6.45) is -2.66. The molecule has 0 radical (unpaired) electrons. The maximum absolute atomic E-state index is 12.1. The first-order valence-corrected chi connectivity index (χ1v) is 7.59. The van der Waals surface area contributed by atoms with Crippen molar-refractivity contribution in [3.63, 3.8) is 0 Å². The van der Waals surface area contributed by atoms with E-state index in [2.05, 4.69) is 20.3 Å². The van der Waals surface area contributed by atoms with Crippen LogP contribution in [0, 0.1) is 5.92 Å². The minimum absolute atomic E-state index is 0.00643. The Kier molecular flexibility index (Phi) is 4.37. The van der Waals surface area contributed by atoms with Gasteiger partial charge in [-0.15, -0.1) is 0 Å². The van der Waals surface area contributed by atoms with Crippen LogP contribution >= 0.6 is 0 Å². The average molecular weight is 351 g/mol. The molecule has 2 aromatic rings. The largest absolute Gasteiger partial charge is 0.394 e. The molecule has 11 nitrogen and oxygen atoms in total. The van der Waals surface area contributed by atoms with Crippen LogP contribution in [0.2, 0.25) is 0 Å². The molecule has 3 heterocycles. The minimum Gasteiger partial charge on any atom is -0.394 e. The molecule has 3 rings (SSSR count). The number of rotatable bonds is 4. The van der Waals surface area contributed by atoms with E-state index in [4.69, 9.17) is 9.84 Å². The van der Waals surface area contributed by atoms with Gasteiger partial charge in [0.25, 0.3) is 5.56 Å². The summed E-state index contributed by atoms with van der Waals surface area (Å²) in [7, 11) is 0. The second-order valence-electron chi connectivity index (χ2n) is 5.94. The van der Waals surface area contributed by atoms with Gasteiger partial charge in [0.1, 0.15) is 12.2 Å². The SMILES string of the molecule is CC(C)C(=O)Nc1nc2c(ncn2[C@@H]2O[C@H](CO)[C@@H](O)C2=O)c(=O)[nH]1. The molecule has 3 atom stereocenters. The van der Waals surface area contributed by atoms with Gasteiger partial charge in [0.05, 0.1) is 12.9 Å². The molecule has 1 fully saturated rings. The van der Waals surface area contributed by atoms with Gasteiger partial charge in [-0.25, -0.2) is 4.98 Å². The topological polar surface area (TPSA) is 159 Å². The monoisotopic (exact) mass is 351 g/mol. The average Bonchev–Trinajstić information content (AvgIpc) is 3.10. The molecule has 0 unspecified atom stereocenters. The number of hydrogen-bond donors (Lipinski definition) is 4. The van der Waals surface area contributed by atoms with E-state index in [-0.39, 0.29) is 28.9 Å². The molecule has 0 aromatic carbocycles. The Morgan fingerprint density at radius 3 is 2.80 bits per heavy atom. The van der Waals surface area contributed by atoms with Gasteiger partial charge in [0, 0.05) is 5.92 Å². The zero-order valence-corrected chi connectivity index (χ0v) is 13.5. The van der Waals surface area contributed by atoms with Crippen LogP contribution in [0.3, 0.4) is 0 Å². The maximum Gasteiger partial charge on any atom is 0.280 e. The predicted molar refractivity (Wildman–Crippen MR) is 83.6 cm³/mol. The second-order valence-corrected chi connectivity index (χ2v) is 5.94. The highest BCUT2D eigenvalue weighted by atomic mass is 16.6. The van der Waals surface area contributed by atoms with Crippen molar-refractivity contribution in [3.05, 3.63) is 16.7 Å². The van der Waals surface area contributed by atoms with Crippen molar-refractivity contribution in [2.75, 3.05) is 11.9 Å². The van der Waals surface area contributed by atoms with E-state index in [9.17, 15) is 19.5 Å². The molecule has 1 amide bonds. The molecular formula is C14H17N5O6. The Morgan fingerprint density at radius 2 is 2.20 bits per heavy atom. The molecular weight excluding hydrogens is 334 g/mol. The number of hydrogen-bond acceptors (Lipinski definition) is 8. The highest BCUT2D eigenvalue weighted by Crippen LogP contribution is 2.27. The van der Waals surface area contributed by atoms with E-state index in [1.54, 1.807) is 13.8 Å². The standard InChI is InChI=1S/C14H17N5O6/c1-5(2)11(23)17-14-16-10-7(12(24)18-14)15-4-19(10)13-9(22)8(21)6(3-20)25-13/h4-6,8,13,20-21H,3H2,1-2H3,(H2,16,17,18,23,24)/t6-,8-,13-/m1/s1. The van der Waals surface area contributed by atoms with Crippen molar-refractivity contribution in [2.45, 2.75) is 32.3 Å². The Labute approximate surface area is 140 Å². The third kappa shape index (κ3) is 2.92. The quantitative estimate of drug-likeness (QED) is 0.519. The summed E-state index contributed by atoms with van der Waals surface area (Å²) in [5, 5.41) is 21.4. The lowest BCUT2D eigenvalue weighted by Gasteiger charge is -2.12. The van der Waals surface area contributed by atoms with Gasteiger partial charge in [-0.05, 0) is 0 Å². The number of nitrogens with zero attached hydrogens (tertiary/aromatic N) is 3. The van der Waals surface area contributed by atoms with Gasteiger partial charge in [0.2, 0.25) is 17.6 Å². The van der Waals surface area contributed by atoms with E-state index in [1.807, 2.05) is 0 Å². The molecule has 134 valence electrons. The van der Waals surface area contributed by atoms with Crippen LogP contribution in [0.15, 0.2) is 11.1 Å². The third-order valence-corrected chi connectivity index (χ3v) is 3.82. The number of aliphatic hydroxyl groups excluding tert-OH is 2. The number of fused-ring (bicyclic) bond motifs is 1. The Bertz CT molecular complexity index is 887. The number of imidazole rings is 1. The lowest BCUT2D eigenvalue weighted by Crippen LogP contribution is -2.29. The fraction of sp³-hybridized carbons (Fsp3) is 0.500. The van der Waals surface area contributed by atoms with Crippen molar-refractivity contribution in [3.8, 4) is 0 Å². The van der Waals surface area contributed by atoms with Crippen molar-refractivity contribution in [1.29, 1.82) is 0 Å². The van der Waals surface area contributed by atoms with Gasteiger partial charge in [0.15, 0.2) is 17.4 Å². The Balaban J connectivity index is 2.03. The lowest BCUT2D eigenvalue weighted by atomic mass is 10.2. The smallest absolute Gasteiger partial charge is 0.280 e. The van der Waals surface area contributed by atoms with Crippen molar-refractivity contribution >= 4 is 28.8 Å². The molecule has 11 heteroatoms. The molecule has 4 N–H and O–H groups in total. The van der Waals surface area contributed by atoms with Gasteiger partial charge in [-0.3, -0.25) is 29.3 Å². The van der Waals surface area contributed by atoms with Gasteiger partial charge in [-0.2, -0.15) is 4.98 Å². The van der Waals surface area contributed by atoms with E-state index in [0.29, 0.717) is 0 Å². The number of aromatic amines is 1. The summed E-state index contributed by atoms with van der Waals surface area (Å²) < 4.78 is 6.50. The fourth-order valence-electron chi connectivity index (χ4n) is 2.40. The van der Waals surface area contributed by atoms with Crippen molar-refractivity contribution < 1.29 is 24.5 Å². The summed E-state index contributed by atoms with van der Waals surface area (Å²) in [4.78, 5) is 46.4. The van der Waals surface area contributed by atoms with Crippen LogP contribution in [-0.2, 0) is 14.3 Å². The number of nitrogens with one attached hydrogen (secondary N) is 2. The van der Waals surface area contributed by atoms with Crippen LogP contribution in [0.4, 0.5) is 5.95 Å². The highest BCUT2D eigenvalue weighted by molar-refractivity contribution is 5.91. The number of ketones is 1. The maximum atomic E-state index is 12.1. The molecule has 0 bridgehead atoms. The zero-order valence-electron chi connectivity index (χ0n) is 13.5. The molecule has 2 aromatic heterocycles. The molecule has 0 spiro atoms. The fourth-order valence-corrected chi connectivity index (χ4v) is 2.40. The number of ether oxygens (including phenoxy) is 1. The van der Waals surface area contributed by atoms with E-state index >= 15 is 0 Å². The van der Waals surface area contributed by atoms with Crippen LogP contribution in [0.5, 0.6) is 0 Å². The van der Waals surface area contributed by atoms with Crippen LogP contribution in [0.25, 0.3) is 11.2 Å². The molecule has 1 aliphatic rings. The van der Waals surface area contributed by atoms with Gasteiger partial charge in [-0.1, -0.05) is 13.8 Å². The number of H-pyrrole nitrogens is 1. The van der Waals surface area contributed by atoms with E-state index < -0.39 is 36.4 Å². The van der Waals surface area contributed by atoms with E-state index in [0.717, 1.165) is 0 Å². The molecule has 25 heavy (non-hydrogen) atoms. The van der Waals surface area contributed by atoms with Crippen molar-refractivity contribution in [1.82, 2.24) is 19.5 Å². The number of carbonyl (C=O) groups is 2. The summed E-state index contributed by atoms with van der Waals surface area (Å²) in [5.74, 6) is -1.46. The summed E-state index contributed by atoms with van der Waals surface area (Å²) in [5.41, 5.74) is -0.652. The summed E-state index contributed by atoms with van der Waals surface area (Å²) in [6.45, 7) is 2.81. The number of amides is 1. The molecule has 1 saturated heterocycles. The number of carbonyl (C=O) groups excluding carboxylic acids is 2. The number of aromatic nitrogens is 4. The zero-order chi connectivity index (χ0) is 18.3. The van der Waals surface area contributed by atoms with Crippen LogP contribution in [-0.4, -0.2) is 60.2 Å². The van der Waals surface area contributed by atoms with Gasteiger partial charge >= 0.3 is 0 Å². The number of aliphatic hydroxyl groups is 2. The number of anilines is 1. The van der Waals surface area contributed by atoms with Crippen LogP contribution in [0.1, 0.15) is 20.1 Å². The van der Waals surface area contributed by atoms with E-state index in [1.165, 1.54) is 10.9 Å². The Hall–Kier alpha value is -2.63. The van der Waals surface area contributed by atoms with Gasteiger partial charge < -0.3 is 14.9 Å². The number of Topliss-reactive ketones (excluding diaryl/α,β-unsaturated/α-hetero) is 1. The van der Waals surface area contributed by atoms with Crippen molar-refractivity contribution in [2.24, 2.45) is 5.92 Å². The predicted octanol–water partition coefficient (Wildman–Crippen LogP) is -1.47. The van der Waals surface area contributed by atoms with Crippen LogP contribution < -0.4 is 10.9 Å². The highest BCUT2D eigenvalue weighted by Gasteiger charge is 2.43.